The van der Waals surface area contributed by atoms with Crippen molar-refractivity contribution in [3.63, 3.8) is 0 Å². The normalized spacial score (nSPS) is 48.5. The van der Waals surface area contributed by atoms with Crippen LogP contribution in [0, 0.1) is 47.3 Å². The molecular weight excluding hydrogens is 440 g/mol. The lowest BCUT2D eigenvalue weighted by atomic mass is 9.47. The van der Waals surface area contributed by atoms with Crippen LogP contribution in [0.25, 0.3) is 0 Å². The van der Waals surface area contributed by atoms with Gasteiger partial charge in [0.15, 0.2) is 0 Å². The Morgan fingerprint density at radius 1 is 1.21 bits per heavy atom. The van der Waals surface area contributed by atoms with Crippen LogP contribution in [0.2, 0.25) is 0 Å². The molecule has 0 aromatic carbocycles. The molecule has 0 radical (unpaired) electrons. The summed E-state index contributed by atoms with van der Waals surface area (Å²) in [4.78, 5) is 0. The minimum atomic E-state index is -0.111. The van der Waals surface area contributed by atoms with E-state index in [0.717, 1.165) is 48.4 Å². The highest BCUT2D eigenvalue weighted by molar-refractivity contribution is 7.11. The maximum absolute atomic E-state index is 10.3. The molecule has 2 heterocycles. The lowest BCUT2D eigenvalue weighted by molar-refractivity contribution is -0.0589. The number of allylic oxidation sites excluding steroid dienone is 1. The van der Waals surface area contributed by atoms with E-state index >= 15 is 0 Å². The number of hydrogen-bond donors (Lipinski definition) is 1. The average molecular weight is 485 g/mol. The van der Waals surface area contributed by atoms with Gasteiger partial charge in [0.1, 0.15) is 10.0 Å². The fourth-order valence-electron chi connectivity index (χ4n) is 9.71. The molecule has 1 aromatic rings. The third kappa shape index (κ3) is 3.50. The van der Waals surface area contributed by atoms with Gasteiger partial charge in [0.2, 0.25) is 0 Å². The topological polar surface area (TPSA) is 55.2 Å². The van der Waals surface area contributed by atoms with E-state index in [2.05, 4.69) is 44.0 Å². The van der Waals surface area contributed by atoms with Gasteiger partial charge in [-0.1, -0.05) is 39.3 Å². The Kier molecular flexibility index (Phi) is 5.82. The van der Waals surface area contributed by atoms with Crippen molar-refractivity contribution in [2.45, 2.75) is 117 Å². The van der Waals surface area contributed by atoms with Crippen LogP contribution in [-0.2, 0) is 4.74 Å². The predicted molar refractivity (Wildman–Crippen MR) is 137 cm³/mol. The van der Waals surface area contributed by atoms with Gasteiger partial charge < -0.3 is 9.84 Å². The number of nitrogens with zero attached hydrogens (tertiary/aromatic N) is 2. The van der Waals surface area contributed by atoms with Gasteiger partial charge >= 0.3 is 0 Å². The molecule has 0 spiro atoms. The van der Waals surface area contributed by atoms with E-state index in [1.807, 2.05) is 6.92 Å². The Morgan fingerprint density at radius 2 is 2.03 bits per heavy atom. The highest BCUT2D eigenvalue weighted by Gasteiger charge is 2.64. The van der Waals surface area contributed by atoms with Crippen LogP contribution in [0.1, 0.15) is 101 Å². The van der Waals surface area contributed by atoms with Gasteiger partial charge in [-0.05, 0) is 105 Å². The molecular formula is C29H44N2O2S. The van der Waals surface area contributed by atoms with E-state index in [-0.39, 0.29) is 6.10 Å². The summed E-state index contributed by atoms with van der Waals surface area (Å²) in [6.07, 6.45) is 13.9. The lowest BCUT2D eigenvalue weighted by Gasteiger charge is -2.58. The first-order chi connectivity index (χ1) is 16.2. The molecule has 11 atom stereocenters. The number of aliphatic hydroxyl groups is 1. The second-order valence-electron chi connectivity index (χ2n) is 13.2. The van der Waals surface area contributed by atoms with E-state index in [9.17, 15) is 5.11 Å². The summed E-state index contributed by atoms with van der Waals surface area (Å²) in [7, 11) is 0. The second kappa shape index (κ2) is 8.38. The zero-order valence-corrected chi connectivity index (χ0v) is 22.6. The van der Waals surface area contributed by atoms with Crippen molar-refractivity contribution in [3.8, 4) is 0 Å². The molecule has 34 heavy (non-hydrogen) atoms. The summed E-state index contributed by atoms with van der Waals surface area (Å²) in [5, 5.41) is 21.2. The van der Waals surface area contributed by atoms with Crippen LogP contribution in [0.15, 0.2) is 11.6 Å². The van der Waals surface area contributed by atoms with E-state index in [1.54, 1.807) is 16.9 Å². The highest BCUT2D eigenvalue weighted by atomic mass is 32.1. The number of aliphatic hydroxyl groups excluding tert-OH is 1. The number of fused-ring (bicyclic) bond motifs is 7. The molecule has 188 valence electrons. The first kappa shape index (κ1) is 23.6. The zero-order valence-electron chi connectivity index (χ0n) is 21.8. The van der Waals surface area contributed by atoms with Crippen molar-refractivity contribution in [1.29, 1.82) is 0 Å². The molecule has 5 aliphatic rings. The number of rotatable bonds is 4. The third-order valence-corrected chi connectivity index (χ3v) is 12.6. The zero-order chi connectivity index (χ0) is 23.8. The van der Waals surface area contributed by atoms with Crippen LogP contribution in [0.4, 0.5) is 0 Å². The summed E-state index contributed by atoms with van der Waals surface area (Å²) in [6.45, 7) is 12.0. The third-order valence-electron chi connectivity index (χ3n) is 11.5. The minimum absolute atomic E-state index is 0.111. The summed E-state index contributed by atoms with van der Waals surface area (Å²) in [5.74, 6) is 4.25. The summed E-state index contributed by atoms with van der Waals surface area (Å²) >= 11 is 1.75. The van der Waals surface area contributed by atoms with Crippen LogP contribution in [0.3, 0.4) is 0 Å². The van der Waals surface area contributed by atoms with E-state index in [1.165, 1.54) is 37.1 Å². The van der Waals surface area contributed by atoms with Crippen molar-refractivity contribution in [2.24, 2.45) is 40.4 Å². The number of ether oxygens (including phenoxy) is 1. The van der Waals surface area contributed by atoms with Crippen molar-refractivity contribution < 1.29 is 9.84 Å². The molecule has 4 fully saturated rings. The molecule has 5 heteroatoms. The van der Waals surface area contributed by atoms with Crippen molar-refractivity contribution in [2.75, 3.05) is 0 Å². The molecule has 4 aliphatic carbocycles. The molecule has 0 bridgehead atoms. The Balaban J connectivity index is 1.16. The largest absolute Gasteiger partial charge is 0.393 e. The summed E-state index contributed by atoms with van der Waals surface area (Å²) < 4.78 is 6.89. The first-order valence-electron chi connectivity index (χ1n) is 14.0. The average Bonchev–Trinajstić information content (AvgIpc) is 3.46. The van der Waals surface area contributed by atoms with Crippen molar-refractivity contribution in [3.05, 3.63) is 21.7 Å². The quantitative estimate of drug-likeness (QED) is 0.484. The van der Waals surface area contributed by atoms with E-state index < -0.39 is 0 Å². The SMILES string of the molecule is Cc1nnc([C@H](C)CC[C@H]2O[C@H]3C[C@H]4[C@@H]5CC=C6C[C@@H](O)CC[C@]6(C)[C@H]5CC[C@]4(C)[C@H]3[C@@H]2C)s1. The molecule has 1 saturated heterocycles. The monoisotopic (exact) mass is 484 g/mol. The van der Waals surface area contributed by atoms with Gasteiger partial charge in [0.25, 0.3) is 0 Å². The van der Waals surface area contributed by atoms with Crippen LogP contribution < -0.4 is 0 Å². The molecule has 6 rings (SSSR count). The van der Waals surface area contributed by atoms with Gasteiger partial charge in [0.05, 0.1) is 18.3 Å². The van der Waals surface area contributed by atoms with E-state index in [4.69, 9.17) is 4.74 Å². The molecule has 1 N–H and O–H groups in total. The predicted octanol–water partition coefficient (Wildman–Crippen LogP) is 6.68. The van der Waals surface area contributed by atoms with Crippen LogP contribution in [0.5, 0.6) is 0 Å². The summed E-state index contributed by atoms with van der Waals surface area (Å²) in [6, 6.07) is 0. The maximum Gasteiger partial charge on any atom is 0.120 e. The second-order valence-corrected chi connectivity index (χ2v) is 14.4. The molecule has 3 saturated carbocycles. The van der Waals surface area contributed by atoms with Crippen molar-refractivity contribution in [1.82, 2.24) is 10.2 Å². The van der Waals surface area contributed by atoms with Crippen LogP contribution in [-0.4, -0.2) is 33.6 Å². The number of aromatic nitrogens is 2. The fraction of sp³-hybridized carbons (Fsp3) is 0.862. The van der Waals surface area contributed by atoms with Gasteiger partial charge in [-0.25, -0.2) is 0 Å². The minimum Gasteiger partial charge on any atom is -0.393 e. The first-order valence-corrected chi connectivity index (χ1v) is 14.9. The number of aryl methyl sites for hydroxylation is 1. The van der Waals surface area contributed by atoms with Gasteiger partial charge in [-0.15, -0.1) is 21.5 Å². The van der Waals surface area contributed by atoms with Gasteiger partial charge in [0, 0.05) is 5.92 Å². The Bertz CT molecular complexity index is 960. The van der Waals surface area contributed by atoms with Crippen molar-refractivity contribution >= 4 is 11.3 Å². The fourth-order valence-corrected chi connectivity index (χ4v) is 10.5. The molecule has 0 amide bonds. The molecule has 1 aliphatic heterocycles. The van der Waals surface area contributed by atoms with Crippen LogP contribution >= 0.6 is 11.3 Å². The summed E-state index contributed by atoms with van der Waals surface area (Å²) in [5.41, 5.74) is 2.34. The molecule has 1 aromatic heterocycles. The standard InChI is InChI=1S/C29H44N2O2S/c1-16(27-31-30-18(3)34-27)6-9-24-17(2)26-25(33-24)15-23-21-8-7-19-14-20(32)10-12-28(19,4)22(21)11-13-29(23,26)5/h7,16-17,20-26,32H,6,8-15H2,1-5H3/t16-,17-,20+,21-,22+,23+,24-,25+,26+,28+,29+/m1/s1. The Morgan fingerprint density at radius 3 is 2.79 bits per heavy atom. The Labute approximate surface area is 210 Å². The molecule has 0 unspecified atom stereocenters. The number of hydrogen-bond acceptors (Lipinski definition) is 5. The molecule has 4 nitrogen and oxygen atoms in total. The van der Waals surface area contributed by atoms with Gasteiger partial charge in [-0.2, -0.15) is 0 Å². The lowest BCUT2D eigenvalue weighted by Crippen LogP contribution is -2.51. The Hall–Kier alpha value is -0.780. The van der Waals surface area contributed by atoms with E-state index in [0.29, 0.717) is 40.8 Å². The van der Waals surface area contributed by atoms with Gasteiger partial charge in [-0.3, -0.25) is 0 Å². The highest BCUT2D eigenvalue weighted by Crippen LogP contribution is 2.69. The smallest absolute Gasteiger partial charge is 0.120 e. The maximum atomic E-state index is 10.3.